The number of rotatable bonds is 7. The molecular formula is C31H44N4O3. The second kappa shape index (κ2) is 9.80. The predicted molar refractivity (Wildman–Crippen MR) is 148 cm³/mol. The predicted octanol–water partition coefficient (Wildman–Crippen LogP) is 6.08. The molecule has 3 aliphatic rings. The Bertz CT molecular complexity index is 1240. The molecule has 0 bridgehead atoms. The number of carbonyl (C=O) groups excluding carboxylic acids is 1. The van der Waals surface area contributed by atoms with Crippen LogP contribution in [0.1, 0.15) is 119 Å². The van der Waals surface area contributed by atoms with E-state index in [1.807, 2.05) is 13.0 Å². The molecule has 2 aromatic rings. The Morgan fingerprint density at radius 2 is 1.76 bits per heavy atom. The van der Waals surface area contributed by atoms with Crippen molar-refractivity contribution in [3.8, 4) is 11.4 Å². The van der Waals surface area contributed by atoms with Crippen molar-refractivity contribution < 1.29 is 14.7 Å². The summed E-state index contributed by atoms with van der Waals surface area (Å²) in [5.74, 6) is 0.204. The van der Waals surface area contributed by atoms with Gasteiger partial charge in [0.25, 0.3) is 5.91 Å². The Balaban J connectivity index is 1.57. The van der Waals surface area contributed by atoms with Crippen LogP contribution in [0.4, 0.5) is 0 Å². The summed E-state index contributed by atoms with van der Waals surface area (Å²) >= 11 is 0. The molecule has 0 aromatic carbocycles. The Labute approximate surface area is 226 Å². The lowest BCUT2D eigenvalue weighted by Gasteiger charge is -2.32. The summed E-state index contributed by atoms with van der Waals surface area (Å²) in [7, 11) is 0. The topological polar surface area (TPSA) is 97.1 Å². The van der Waals surface area contributed by atoms with E-state index in [1.54, 1.807) is 0 Å². The van der Waals surface area contributed by atoms with Gasteiger partial charge < -0.3 is 15.0 Å². The number of amides is 1. The van der Waals surface area contributed by atoms with Crippen LogP contribution in [0.2, 0.25) is 0 Å². The molecule has 0 spiro atoms. The average Bonchev–Trinajstić information content (AvgIpc) is 3.50. The lowest BCUT2D eigenvalue weighted by molar-refractivity contribution is -0.145. The zero-order chi connectivity index (χ0) is 27.4. The third-order valence-corrected chi connectivity index (χ3v) is 9.23. The van der Waals surface area contributed by atoms with E-state index in [1.165, 1.54) is 32.1 Å². The zero-order valence-corrected chi connectivity index (χ0v) is 24.0. The van der Waals surface area contributed by atoms with Crippen molar-refractivity contribution in [2.45, 2.75) is 123 Å². The first-order valence-electron chi connectivity index (χ1n) is 14.5. The van der Waals surface area contributed by atoms with Gasteiger partial charge in [0.2, 0.25) is 0 Å². The number of aromatic nitrogens is 3. The Hall–Kier alpha value is -2.70. The summed E-state index contributed by atoms with van der Waals surface area (Å²) in [5.41, 5.74) is 5.76. The maximum Gasteiger partial charge on any atom is 0.306 e. The quantitative estimate of drug-likeness (QED) is 0.461. The van der Waals surface area contributed by atoms with E-state index in [-0.39, 0.29) is 28.7 Å². The molecular weight excluding hydrogens is 476 g/mol. The highest BCUT2D eigenvalue weighted by Gasteiger charge is 2.43. The van der Waals surface area contributed by atoms with Crippen molar-refractivity contribution >= 4 is 11.9 Å². The van der Waals surface area contributed by atoms with Crippen molar-refractivity contribution in [1.29, 1.82) is 0 Å². The molecule has 3 aliphatic carbocycles. The van der Waals surface area contributed by atoms with Crippen molar-refractivity contribution in [2.75, 3.05) is 0 Å². The van der Waals surface area contributed by atoms with Crippen LogP contribution < -0.4 is 5.32 Å². The maximum absolute atomic E-state index is 13.5. The number of hydrogen-bond donors (Lipinski definition) is 2. The summed E-state index contributed by atoms with van der Waals surface area (Å²) in [6.07, 6.45) is 9.56. The standard InChI is InChI=1S/C31H44N4O3/c1-18-25(33-29(30(3,4)5)34-26(18)31(6)12-13-31)24-16-23(27(36)32-22-14-21(15-22)28(37)38)19(2)35(24)17-20-10-8-7-9-11-20/h16,20-22H,7-15,17H2,1-6H3,(H,32,36)(H,37,38)/t21-,22-. The monoisotopic (exact) mass is 520 g/mol. The molecule has 3 saturated carbocycles. The molecule has 0 radical (unpaired) electrons. The Morgan fingerprint density at radius 3 is 2.34 bits per heavy atom. The second-order valence-corrected chi connectivity index (χ2v) is 13.5. The number of carboxylic acids is 1. The van der Waals surface area contributed by atoms with Crippen molar-refractivity contribution in [3.05, 3.63) is 34.4 Å². The first-order chi connectivity index (χ1) is 17.9. The molecule has 0 aliphatic heterocycles. The lowest BCUT2D eigenvalue weighted by Crippen LogP contribution is -2.46. The number of aliphatic carboxylic acids is 1. The number of carbonyl (C=O) groups is 2. The number of nitrogens with one attached hydrogen (secondary N) is 1. The van der Waals surface area contributed by atoms with Crippen LogP contribution in [0, 0.1) is 25.7 Å². The summed E-state index contributed by atoms with van der Waals surface area (Å²) in [5, 5.41) is 12.3. The minimum absolute atomic E-state index is 0.0807. The van der Waals surface area contributed by atoms with Crippen molar-refractivity contribution in [2.24, 2.45) is 11.8 Å². The molecule has 0 unspecified atom stereocenters. The molecule has 0 atom stereocenters. The van der Waals surface area contributed by atoms with Gasteiger partial charge >= 0.3 is 5.97 Å². The van der Waals surface area contributed by atoms with Gasteiger partial charge in [-0.3, -0.25) is 9.59 Å². The van der Waals surface area contributed by atoms with Crippen LogP contribution in [0.25, 0.3) is 11.4 Å². The summed E-state index contributed by atoms with van der Waals surface area (Å²) in [4.78, 5) is 35.0. The largest absolute Gasteiger partial charge is 0.481 e. The van der Waals surface area contributed by atoms with Gasteiger partial charge in [-0.1, -0.05) is 47.0 Å². The molecule has 7 heteroatoms. The van der Waals surface area contributed by atoms with E-state index in [9.17, 15) is 14.7 Å². The fraction of sp³-hybridized carbons (Fsp3) is 0.677. The smallest absolute Gasteiger partial charge is 0.306 e. The van der Waals surface area contributed by atoms with E-state index in [0.29, 0.717) is 24.3 Å². The summed E-state index contributed by atoms with van der Waals surface area (Å²) in [6, 6.07) is 1.95. The molecule has 38 heavy (non-hydrogen) atoms. The van der Waals surface area contributed by atoms with Crippen LogP contribution in [0.3, 0.4) is 0 Å². The molecule has 7 nitrogen and oxygen atoms in total. The average molecular weight is 521 g/mol. The SMILES string of the molecule is Cc1c(-c2cc(C(=O)N[C@H]3C[C@H](C(=O)O)C3)c(C)n2CC2CCCCC2)nc(C(C)(C)C)nc1C1(C)CC1. The molecule has 3 fully saturated rings. The van der Waals surface area contributed by atoms with Gasteiger partial charge in [-0.2, -0.15) is 0 Å². The van der Waals surface area contributed by atoms with Gasteiger partial charge in [0.1, 0.15) is 5.82 Å². The van der Waals surface area contributed by atoms with E-state index in [4.69, 9.17) is 9.97 Å². The third-order valence-electron chi connectivity index (χ3n) is 9.23. The maximum atomic E-state index is 13.5. The summed E-state index contributed by atoms with van der Waals surface area (Å²) < 4.78 is 2.34. The van der Waals surface area contributed by atoms with Crippen LogP contribution in [-0.4, -0.2) is 37.6 Å². The Morgan fingerprint density at radius 1 is 1.11 bits per heavy atom. The molecule has 2 N–H and O–H groups in total. The van der Waals surface area contributed by atoms with Crippen LogP contribution >= 0.6 is 0 Å². The van der Waals surface area contributed by atoms with Gasteiger partial charge in [-0.15, -0.1) is 0 Å². The Kier molecular flexibility index (Phi) is 6.93. The fourth-order valence-electron chi connectivity index (χ4n) is 6.25. The summed E-state index contributed by atoms with van der Waals surface area (Å²) in [6.45, 7) is 13.9. The van der Waals surface area contributed by atoms with Gasteiger partial charge in [0, 0.05) is 29.1 Å². The normalized spacial score (nSPS) is 23.1. The van der Waals surface area contributed by atoms with Gasteiger partial charge in [0.05, 0.1) is 28.6 Å². The highest BCUT2D eigenvalue weighted by atomic mass is 16.4. The second-order valence-electron chi connectivity index (χ2n) is 13.5. The molecule has 5 rings (SSSR count). The number of carboxylic acid groups (broad SMARTS) is 1. The third kappa shape index (κ3) is 5.13. The fourth-order valence-corrected chi connectivity index (χ4v) is 6.25. The first-order valence-corrected chi connectivity index (χ1v) is 14.5. The van der Waals surface area contributed by atoms with E-state index in [2.05, 4.69) is 44.5 Å². The van der Waals surface area contributed by atoms with Gasteiger partial charge in [-0.05, 0) is 69.9 Å². The number of hydrogen-bond acceptors (Lipinski definition) is 4. The van der Waals surface area contributed by atoms with Crippen LogP contribution in [0.15, 0.2) is 6.07 Å². The minimum Gasteiger partial charge on any atom is -0.481 e. The van der Waals surface area contributed by atoms with Crippen LogP contribution in [0.5, 0.6) is 0 Å². The highest BCUT2D eigenvalue weighted by molar-refractivity contribution is 5.97. The lowest BCUT2D eigenvalue weighted by atomic mass is 9.80. The number of nitrogens with zero attached hydrogens (tertiary/aromatic N) is 3. The van der Waals surface area contributed by atoms with Gasteiger partial charge in [-0.25, -0.2) is 9.97 Å². The van der Waals surface area contributed by atoms with E-state index in [0.717, 1.165) is 53.5 Å². The van der Waals surface area contributed by atoms with Crippen molar-refractivity contribution in [1.82, 2.24) is 19.9 Å². The van der Waals surface area contributed by atoms with E-state index < -0.39 is 5.97 Å². The zero-order valence-electron chi connectivity index (χ0n) is 24.0. The molecule has 0 saturated heterocycles. The molecule has 2 aromatic heterocycles. The van der Waals surface area contributed by atoms with E-state index >= 15 is 0 Å². The molecule has 2 heterocycles. The highest BCUT2D eigenvalue weighted by Crippen LogP contribution is 2.49. The van der Waals surface area contributed by atoms with Crippen LogP contribution in [-0.2, 0) is 22.2 Å². The van der Waals surface area contributed by atoms with Crippen molar-refractivity contribution in [3.63, 3.8) is 0 Å². The minimum atomic E-state index is -0.776. The van der Waals surface area contributed by atoms with Gasteiger partial charge in [0.15, 0.2) is 0 Å². The molecule has 206 valence electrons. The molecule has 1 amide bonds. The first kappa shape index (κ1) is 26.9.